The second-order valence-corrected chi connectivity index (χ2v) is 6.29. The van der Waals surface area contributed by atoms with Crippen molar-refractivity contribution >= 4 is 28.4 Å². The Morgan fingerprint density at radius 3 is 3.00 bits per heavy atom. The van der Waals surface area contributed by atoms with Gasteiger partial charge in [-0.15, -0.1) is 0 Å². The topological polar surface area (TPSA) is 54.1 Å². The van der Waals surface area contributed by atoms with Crippen LogP contribution in [0.15, 0.2) is 12.1 Å². The van der Waals surface area contributed by atoms with Crippen LogP contribution < -0.4 is 5.32 Å². The summed E-state index contributed by atoms with van der Waals surface area (Å²) in [5.74, 6) is -0.00253. The number of nitrogens with one attached hydrogen (secondary N) is 2. The molecular formula is C17H21ClN2O2. The third kappa shape index (κ3) is 2.85. The van der Waals surface area contributed by atoms with Gasteiger partial charge in [0, 0.05) is 24.2 Å². The van der Waals surface area contributed by atoms with Crippen LogP contribution in [0.3, 0.4) is 0 Å². The molecule has 0 spiro atoms. The number of aromatic nitrogens is 1. The summed E-state index contributed by atoms with van der Waals surface area (Å²) >= 11 is 6.37. The number of hydrogen-bond acceptors (Lipinski definition) is 2. The Morgan fingerprint density at radius 1 is 1.45 bits per heavy atom. The van der Waals surface area contributed by atoms with Gasteiger partial charge in [0.25, 0.3) is 0 Å². The van der Waals surface area contributed by atoms with Crippen LogP contribution in [0.4, 0.5) is 0 Å². The van der Waals surface area contributed by atoms with Gasteiger partial charge < -0.3 is 15.0 Å². The zero-order valence-corrected chi connectivity index (χ0v) is 13.7. The van der Waals surface area contributed by atoms with Crippen molar-refractivity contribution in [2.45, 2.75) is 39.2 Å². The number of ether oxygens (including phenoxy) is 1. The van der Waals surface area contributed by atoms with E-state index < -0.39 is 0 Å². The maximum Gasteiger partial charge on any atom is 0.249 e. The van der Waals surface area contributed by atoms with E-state index in [2.05, 4.69) is 17.2 Å². The van der Waals surface area contributed by atoms with Crippen molar-refractivity contribution in [1.82, 2.24) is 10.3 Å². The predicted molar refractivity (Wildman–Crippen MR) is 88.5 cm³/mol. The lowest BCUT2D eigenvalue weighted by molar-refractivity contribution is -0.129. The van der Waals surface area contributed by atoms with E-state index in [1.165, 1.54) is 11.1 Å². The van der Waals surface area contributed by atoms with Crippen molar-refractivity contribution in [3.8, 4) is 0 Å². The SMILES string of the molecule is Cc1[nH]c2c(C)ccc(Cl)c2c1CCNC(=O)[C@@H]1CCCO1. The molecular weight excluding hydrogens is 300 g/mol. The first-order valence-corrected chi connectivity index (χ1v) is 8.11. The number of hydrogen-bond donors (Lipinski definition) is 2. The van der Waals surface area contributed by atoms with Crippen molar-refractivity contribution in [2.75, 3.05) is 13.2 Å². The number of carbonyl (C=O) groups is 1. The summed E-state index contributed by atoms with van der Waals surface area (Å²) in [6, 6.07) is 3.95. The monoisotopic (exact) mass is 320 g/mol. The van der Waals surface area contributed by atoms with Crippen molar-refractivity contribution < 1.29 is 9.53 Å². The van der Waals surface area contributed by atoms with Crippen LogP contribution in [0.2, 0.25) is 5.02 Å². The highest BCUT2D eigenvalue weighted by molar-refractivity contribution is 6.35. The fourth-order valence-electron chi connectivity index (χ4n) is 3.11. The number of carbonyl (C=O) groups excluding carboxylic acids is 1. The van der Waals surface area contributed by atoms with Crippen molar-refractivity contribution in [2.24, 2.45) is 0 Å². The minimum atomic E-state index is -0.269. The molecule has 0 unspecified atom stereocenters. The van der Waals surface area contributed by atoms with Gasteiger partial charge >= 0.3 is 0 Å². The van der Waals surface area contributed by atoms with Gasteiger partial charge in [0.05, 0.1) is 10.5 Å². The van der Waals surface area contributed by atoms with Gasteiger partial charge in [-0.3, -0.25) is 4.79 Å². The van der Waals surface area contributed by atoms with Crippen molar-refractivity contribution in [1.29, 1.82) is 0 Å². The molecule has 0 saturated carbocycles. The quantitative estimate of drug-likeness (QED) is 0.908. The van der Waals surface area contributed by atoms with Gasteiger partial charge in [0.2, 0.25) is 5.91 Å². The van der Waals surface area contributed by atoms with Crippen LogP contribution in [-0.2, 0) is 16.0 Å². The van der Waals surface area contributed by atoms with Crippen LogP contribution in [0, 0.1) is 13.8 Å². The number of aromatic amines is 1. The smallest absolute Gasteiger partial charge is 0.249 e. The largest absolute Gasteiger partial charge is 0.368 e. The third-order valence-corrected chi connectivity index (χ3v) is 4.64. The van der Waals surface area contributed by atoms with Gasteiger partial charge in [-0.1, -0.05) is 17.7 Å². The molecule has 4 nitrogen and oxygen atoms in total. The first-order chi connectivity index (χ1) is 10.6. The number of rotatable bonds is 4. The normalized spacial score (nSPS) is 18.0. The molecule has 0 aliphatic carbocycles. The van der Waals surface area contributed by atoms with Crippen molar-refractivity contribution in [3.05, 3.63) is 34.0 Å². The summed E-state index contributed by atoms with van der Waals surface area (Å²) in [6.07, 6.45) is 2.28. The summed E-state index contributed by atoms with van der Waals surface area (Å²) in [6.45, 7) is 5.40. The number of benzene rings is 1. The summed E-state index contributed by atoms with van der Waals surface area (Å²) in [4.78, 5) is 15.4. The van der Waals surface area contributed by atoms with E-state index in [1.54, 1.807) is 0 Å². The highest BCUT2D eigenvalue weighted by atomic mass is 35.5. The average Bonchev–Trinajstić information content (AvgIpc) is 3.12. The lowest BCUT2D eigenvalue weighted by Crippen LogP contribution is -2.35. The summed E-state index contributed by atoms with van der Waals surface area (Å²) in [5.41, 5.74) is 4.55. The van der Waals surface area contributed by atoms with E-state index in [0.29, 0.717) is 13.2 Å². The molecule has 0 radical (unpaired) electrons. The standard InChI is InChI=1S/C17H21ClN2O2/c1-10-5-6-13(18)15-12(11(2)20-16(10)15)7-8-19-17(21)14-4-3-9-22-14/h5-6,14,20H,3-4,7-9H2,1-2H3,(H,19,21)/t14-/m0/s1. The Hall–Kier alpha value is -1.52. The van der Waals surface area contributed by atoms with Crippen LogP contribution in [0.1, 0.15) is 29.7 Å². The van der Waals surface area contributed by atoms with E-state index in [9.17, 15) is 4.79 Å². The van der Waals surface area contributed by atoms with Gasteiger partial charge in [0.1, 0.15) is 6.10 Å². The number of amides is 1. The Bertz CT molecular complexity index is 702. The summed E-state index contributed by atoms with van der Waals surface area (Å²) in [5, 5.41) is 4.80. The van der Waals surface area contributed by atoms with Crippen LogP contribution in [0.5, 0.6) is 0 Å². The Labute approximate surface area is 135 Å². The van der Waals surface area contributed by atoms with E-state index in [-0.39, 0.29) is 12.0 Å². The number of halogens is 1. The maximum absolute atomic E-state index is 12.0. The minimum absolute atomic E-state index is 0.00253. The second-order valence-electron chi connectivity index (χ2n) is 5.89. The molecule has 1 aliphatic heterocycles. The molecule has 2 heterocycles. The van der Waals surface area contributed by atoms with E-state index in [1.807, 2.05) is 19.1 Å². The molecule has 5 heteroatoms. The van der Waals surface area contributed by atoms with E-state index >= 15 is 0 Å². The molecule has 3 rings (SSSR count). The number of fused-ring (bicyclic) bond motifs is 1. The molecule has 1 aliphatic rings. The molecule has 1 aromatic carbocycles. The molecule has 1 aromatic heterocycles. The lowest BCUT2D eigenvalue weighted by atomic mass is 10.1. The molecule has 2 aromatic rings. The fraction of sp³-hybridized carbons (Fsp3) is 0.471. The van der Waals surface area contributed by atoms with Crippen LogP contribution >= 0.6 is 11.6 Å². The second kappa shape index (κ2) is 6.31. The highest BCUT2D eigenvalue weighted by Crippen LogP contribution is 2.31. The molecule has 1 fully saturated rings. The Kier molecular flexibility index (Phi) is 4.41. The first-order valence-electron chi connectivity index (χ1n) is 7.73. The Morgan fingerprint density at radius 2 is 2.27 bits per heavy atom. The van der Waals surface area contributed by atoms with E-state index in [0.717, 1.165) is 40.9 Å². The number of aryl methyl sites for hydroxylation is 2. The molecule has 118 valence electrons. The Balaban J connectivity index is 1.72. The van der Waals surface area contributed by atoms with E-state index in [4.69, 9.17) is 16.3 Å². The molecule has 1 atom stereocenters. The summed E-state index contributed by atoms with van der Waals surface area (Å²) < 4.78 is 5.39. The minimum Gasteiger partial charge on any atom is -0.368 e. The van der Waals surface area contributed by atoms with Gasteiger partial charge in [-0.2, -0.15) is 0 Å². The van der Waals surface area contributed by atoms with Crippen LogP contribution in [0.25, 0.3) is 10.9 Å². The summed E-state index contributed by atoms with van der Waals surface area (Å²) in [7, 11) is 0. The average molecular weight is 321 g/mol. The zero-order valence-electron chi connectivity index (χ0n) is 13.0. The molecule has 22 heavy (non-hydrogen) atoms. The van der Waals surface area contributed by atoms with Gasteiger partial charge in [-0.05, 0) is 50.3 Å². The molecule has 0 bridgehead atoms. The third-order valence-electron chi connectivity index (χ3n) is 4.33. The molecule has 1 amide bonds. The zero-order chi connectivity index (χ0) is 15.7. The highest BCUT2D eigenvalue weighted by Gasteiger charge is 2.23. The van der Waals surface area contributed by atoms with Gasteiger partial charge in [-0.25, -0.2) is 0 Å². The van der Waals surface area contributed by atoms with Crippen LogP contribution in [-0.4, -0.2) is 30.1 Å². The van der Waals surface area contributed by atoms with Crippen molar-refractivity contribution in [3.63, 3.8) is 0 Å². The lowest BCUT2D eigenvalue weighted by Gasteiger charge is -2.10. The van der Waals surface area contributed by atoms with Gasteiger partial charge in [0.15, 0.2) is 0 Å². The number of H-pyrrole nitrogens is 1. The first kappa shape index (κ1) is 15.4. The predicted octanol–water partition coefficient (Wildman–Crippen LogP) is 3.28. The molecule has 2 N–H and O–H groups in total. The fourth-order valence-corrected chi connectivity index (χ4v) is 3.38. The maximum atomic E-state index is 12.0. The molecule has 1 saturated heterocycles.